The Bertz CT molecular complexity index is 2490. The van der Waals surface area contributed by atoms with Crippen molar-refractivity contribution >= 4 is 45.0 Å². The van der Waals surface area contributed by atoms with Crippen LogP contribution in [0.5, 0.6) is 23.0 Å². The molecular formula is C41H36ClF4N5O5. The molecule has 1 amide bonds. The number of likely N-dealkylation sites (tertiary alicyclic amines) is 1. The number of rotatable bonds is 11. The second-order valence-corrected chi connectivity index (χ2v) is 13.9. The number of hydrogen-bond acceptors (Lipinski definition) is 8. The molecule has 0 aliphatic carbocycles. The molecule has 0 atom stereocenters. The van der Waals surface area contributed by atoms with Gasteiger partial charge in [0.1, 0.15) is 5.75 Å². The van der Waals surface area contributed by atoms with Crippen LogP contribution in [0.3, 0.4) is 0 Å². The van der Waals surface area contributed by atoms with Gasteiger partial charge in [-0.05, 0) is 92.9 Å². The van der Waals surface area contributed by atoms with Crippen LogP contribution in [0.4, 0.5) is 23.2 Å². The lowest BCUT2D eigenvalue weighted by Gasteiger charge is -2.30. The first-order valence-corrected chi connectivity index (χ1v) is 18.3. The van der Waals surface area contributed by atoms with E-state index < -0.39 is 39.6 Å². The first-order chi connectivity index (χ1) is 26.9. The number of fused-ring (bicyclic) bond motifs is 2. The minimum absolute atomic E-state index is 0.0218. The lowest BCUT2D eigenvalue weighted by molar-refractivity contribution is -0.137. The van der Waals surface area contributed by atoms with E-state index in [1.54, 1.807) is 30.3 Å². The molecule has 0 spiro atoms. The van der Waals surface area contributed by atoms with E-state index in [0.717, 1.165) is 54.9 Å². The Hall–Kier alpha value is -5.73. The van der Waals surface area contributed by atoms with Crippen molar-refractivity contribution < 1.29 is 36.6 Å². The quantitative estimate of drug-likeness (QED) is 0.102. The average Bonchev–Trinajstić information content (AvgIpc) is 3.18. The number of halogens is 5. The summed E-state index contributed by atoms with van der Waals surface area (Å²) in [6, 6.07) is 17.8. The fourth-order valence-electron chi connectivity index (χ4n) is 6.60. The SMILES string of the molecule is COc1cc2c(Oc3ccc(NC(=O)c4nn(-c5ccc(Cl)c(C(F)(F)F)c5)c5ccccc5c4=O)cc3F)ccnc2cc1OCCCN1CCC(C)CC1. The lowest BCUT2D eigenvalue weighted by Crippen LogP contribution is -2.34. The number of ether oxygens (including phenoxy) is 3. The molecule has 0 bridgehead atoms. The molecule has 15 heteroatoms. The summed E-state index contributed by atoms with van der Waals surface area (Å²) in [4.78, 5) is 33.8. The molecule has 1 N–H and O–H groups in total. The van der Waals surface area contributed by atoms with E-state index in [0.29, 0.717) is 29.0 Å². The van der Waals surface area contributed by atoms with Crippen molar-refractivity contribution in [1.82, 2.24) is 19.7 Å². The number of alkyl halides is 3. The molecule has 1 fully saturated rings. The molecule has 4 aromatic carbocycles. The second-order valence-electron chi connectivity index (χ2n) is 13.5. The summed E-state index contributed by atoms with van der Waals surface area (Å²) in [5.41, 5.74) is -1.97. The third kappa shape index (κ3) is 8.26. The van der Waals surface area contributed by atoms with Gasteiger partial charge in [-0.15, -0.1) is 0 Å². The van der Waals surface area contributed by atoms with Crippen LogP contribution in [0.2, 0.25) is 5.02 Å². The highest BCUT2D eigenvalue weighted by Crippen LogP contribution is 2.39. The maximum Gasteiger partial charge on any atom is 0.417 e. The van der Waals surface area contributed by atoms with Crippen molar-refractivity contribution in [2.75, 3.05) is 38.7 Å². The Kier molecular flexibility index (Phi) is 11.1. The zero-order valence-corrected chi connectivity index (χ0v) is 31.1. The number of piperidine rings is 1. The van der Waals surface area contributed by atoms with Gasteiger partial charge in [-0.3, -0.25) is 14.6 Å². The zero-order valence-electron chi connectivity index (χ0n) is 30.3. The standard InChI is InChI=1S/C41H36ClF4N5O5/c1-24-13-17-50(18-14-24)16-5-19-55-37-23-32-28(22-36(37)54-2)34(12-15-47-32)56-35-11-8-25(20-31(35)43)48-40(53)38-39(52)27-6-3-4-7-33(27)51(49-38)26-9-10-30(42)29(21-26)41(44,45)46/h3-4,6-12,15,20-24H,5,13-14,16-19H2,1-2H3,(H,48,53). The van der Waals surface area contributed by atoms with Crippen LogP contribution in [-0.4, -0.2) is 58.9 Å². The Morgan fingerprint density at radius 1 is 0.946 bits per heavy atom. The molecular weight excluding hydrogens is 754 g/mol. The van der Waals surface area contributed by atoms with Gasteiger partial charge in [0.15, 0.2) is 28.8 Å². The Morgan fingerprint density at radius 3 is 2.48 bits per heavy atom. The summed E-state index contributed by atoms with van der Waals surface area (Å²) < 4.78 is 75.3. The Morgan fingerprint density at radius 2 is 1.73 bits per heavy atom. The van der Waals surface area contributed by atoms with E-state index in [-0.39, 0.29) is 33.8 Å². The van der Waals surface area contributed by atoms with Crippen molar-refractivity contribution in [2.45, 2.75) is 32.4 Å². The number of nitrogens with zero attached hydrogens (tertiary/aromatic N) is 4. The third-order valence-corrected chi connectivity index (χ3v) is 9.99. The van der Waals surface area contributed by atoms with Crippen LogP contribution < -0.4 is 25.0 Å². The zero-order chi connectivity index (χ0) is 39.6. The smallest absolute Gasteiger partial charge is 0.417 e. The van der Waals surface area contributed by atoms with Crippen molar-refractivity contribution in [3.63, 3.8) is 0 Å². The number of methoxy groups -OCH3 is 1. The van der Waals surface area contributed by atoms with Gasteiger partial charge in [0.2, 0.25) is 5.43 Å². The van der Waals surface area contributed by atoms with Crippen LogP contribution in [0.1, 0.15) is 42.2 Å². The molecule has 290 valence electrons. The predicted molar refractivity (Wildman–Crippen MR) is 205 cm³/mol. The molecule has 0 radical (unpaired) electrons. The molecule has 7 rings (SSSR count). The maximum absolute atomic E-state index is 15.5. The van der Waals surface area contributed by atoms with Crippen LogP contribution in [-0.2, 0) is 6.18 Å². The molecule has 0 saturated carbocycles. The van der Waals surface area contributed by atoms with Crippen molar-refractivity contribution in [3.05, 3.63) is 117 Å². The number of carbonyl (C=O) groups excluding carboxylic acids is 1. The van der Waals surface area contributed by atoms with Gasteiger partial charge in [-0.2, -0.15) is 18.3 Å². The van der Waals surface area contributed by atoms with Gasteiger partial charge in [0.25, 0.3) is 5.91 Å². The average molecular weight is 790 g/mol. The van der Waals surface area contributed by atoms with Gasteiger partial charge in [-0.25, -0.2) is 9.07 Å². The number of hydrogen-bond donors (Lipinski definition) is 1. The molecule has 1 saturated heterocycles. The fourth-order valence-corrected chi connectivity index (χ4v) is 6.83. The third-order valence-electron chi connectivity index (χ3n) is 9.66. The van der Waals surface area contributed by atoms with Crippen LogP contribution in [0, 0.1) is 11.7 Å². The first kappa shape index (κ1) is 38.5. The summed E-state index contributed by atoms with van der Waals surface area (Å²) in [7, 11) is 1.52. The summed E-state index contributed by atoms with van der Waals surface area (Å²) in [5.74, 6) is 0.00926. The number of nitrogens with one attached hydrogen (secondary N) is 1. The van der Waals surface area contributed by atoms with Gasteiger partial charge >= 0.3 is 6.18 Å². The molecule has 2 aromatic heterocycles. The summed E-state index contributed by atoms with van der Waals surface area (Å²) >= 11 is 5.82. The summed E-state index contributed by atoms with van der Waals surface area (Å²) in [6.45, 7) is 5.93. The predicted octanol–water partition coefficient (Wildman–Crippen LogP) is 9.30. The highest BCUT2D eigenvalue weighted by atomic mass is 35.5. The van der Waals surface area contributed by atoms with Crippen molar-refractivity contribution in [3.8, 4) is 28.7 Å². The monoisotopic (exact) mass is 789 g/mol. The Balaban J connectivity index is 1.09. The van der Waals surface area contributed by atoms with E-state index in [2.05, 4.69) is 27.2 Å². The van der Waals surface area contributed by atoms with Crippen LogP contribution >= 0.6 is 11.6 Å². The van der Waals surface area contributed by atoms with Gasteiger partial charge in [-0.1, -0.05) is 30.7 Å². The molecule has 1 aliphatic heterocycles. The van der Waals surface area contributed by atoms with Gasteiger partial charge in [0, 0.05) is 35.9 Å². The fraction of sp³-hybridized carbons (Fsp3) is 0.268. The summed E-state index contributed by atoms with van der Waals surface area (Å²) in [6.07, 6.45) is 0.0234. The topological polar surface area (TPSA) is 108 Å². The van der Waals surface area contributed by atoms with Crippen molar-refractivity contribution in [1.29, 1.82) is 0 Å². The molecule has 56 heavy (non-hydrogen) atoms. The van der Waals surface area contributed by atoms with E-state index in [4.69, 9.17) is 25.8 Å². The molecule has 6 aromatic rings. The van der Waals surface area contributed by atoms with E-state index >= 15 is 4.39 Å². The van der Waals surface area contributed by atoms with Crippen molar-refractivity contribution in [2.24, 2.45) is 5.92 Å². The first-order valence-electron chi connectivity index (χ1n) is 17.9. The van der Waals surface area contributed by atoms with Gasteiger partial charge < -0.3 is 24.4 Å². The number of carbonyl (C=O) groups is 1. The van der Waals surface area contributed by atoms with Gasteiger partial charge in [0.05, 0.1) is 46.4 Å². The number of para-hydroxylation sites is 1. The maximum atomic E-state index is 15.5. The highest BCUT2D eigenvalue weighted by molar-refractivity contribution is 6.31. The molecule has 0 unspecified atom stereocenters. The highest BCUT2D eigenvalue weighted by Gasteiger charge is 2.34. The number of anilines is 1. The molecule has 10 nitrogen and oxygen atoms in total. The molecule has 3 heterocycles. The second kappa shape index (κ2) is 16.2. The number of aromatic nitrogens is 3. The van der Waals surface area contributed by atoms with E-state index in [1.807, 2.05) is 0 Å². The van der Waals surface area contributed by atoms with E-state index in [1.165, 1.54) is 56.5 Å². The minimum Gasteiger partial charge on any atom is -0.493 e. The summed E-state index contributed by atoms with van der Waals surface area (Å²) in [5, 5.41) is 6.63. The van der Waals surface area contributed by atoms with Crippen LogP contribution in [0.15, 0.2) is 89.9 Å². The van der Waals surface area contributed by atoms with E-state index in [9.17, 15) is 22.8 Å². The largest absolute Gasteiger partial charge is 0.493 e. The molecule has 1 aliphatic rings. The Labute approximate surface area is 323 Å². The number of pyridine rings is 1. The normalized spacial score (nSPS) is 13.9. The number of benzene rings is 4. The minimum atomic E-state index is -4.77. The number of amides is 1. The lowest BCUT2D eigenvalue weighted by atomic mass is 9.99. The van der Waals surface area contributed by atoms with Crippen LogP contribution in [0.25, 0.3) is 27.5 Å².